The van der Waals surface area contributed by atoms with Crippen molar-refractivity contribution >= 4 is 33.3 Å². The van der Waals surface area contributed by atoms with Crippen LogP contribution < -0.4 is 10.3 Å². The smallest absolute Gasteiger partial charge is 0.270 e. The molecule has 0 radical (unpaired) electrons. The molecule has 0 aliphatic carbocycles. The van der Waals surface area contributed by atoms with E-state index in [0.717, 1.165) is 30.4 Å². The first-order valence-electron chi connectivity index (χ1n) is 10.4. The second-order valence-electron chi connectivity index (χ2n) is 7.09. The van der Waals surface area contributed by atoms with Crippen LogP contribution in [0.25, 0.3) is 0 Å². The highest BCUT2D eigenvalue weighted by Gasteiger charge is 2.30. The van der Waals surface area contributed by atoms with E-state index in [1.54, 1.807) is 6.21 Å². The molecular formula is C21H27N5O5S. The van der Waals surface area contributed by atoms with Crippen LogP contribution in [0.15, 0.2) is 52.5 Å². The third kappa shape index (κ3) is 5.42. The zero-order chi connectivity index (χ0) is 23.1. The molecule has 0 saturated carbocycles. The highest BCUT2D eigenvalue weighted by molar-refractivity contribution is 7.89. The molecule has 2 aromatic carbocycles. The van der Waals surface area contributed by atoms with Crippen LogP contribution in [0, 0.1) is 10.1 Å². The predicted molar refractivity (Wildman–Crippen MR) is 124 cm³/mol. The first-order chi connectivity index (χ1) is 15.4. The van der Waals surface area contributed by atoms with E-state index in [9.17, 15) is 18.5 Å². The van der Waals surface area contributed by atoms with Crippen LogP contribution in [0.3, 0.4) is 0 Å². The fourth-order valence-electron chi connectivity index (χ4n) is 3.39. The van der Waals surface area contributed by atoms with Crippen molar-refractivity contribution in [2.45, 2.75) is 18.7 Å². The number of nitro benzene ring substituents is 1. The van der Waals surface area contributed by atoms with Crippen molar-refractivity contribution in [3.05, 3.63) is 58.1 Å². The topological polar surface area (TPSA) is 117 Å². The van der Waals surface area contributed by atoms with Gasteiger partial charge in [0, 0.05) is 44.0 Å². The molecule has 1 aliphatic rings. The molecule has 1 saturated heterocycles. The molecule has 1 fully saturated rings. The third-order valence-corrected chi connectivity index (χ3v) is 7.12. The molecule has 1 heterocycles. The monoisotopic (exact) mass is 461 g/mol. The van der Waals surface area contributed by atoms with Gasteiger partial charge in [-0.15, -0.1) is 0 Å². The summed E-state index contributed by atoms with van der Waals surface area (Å²) in [5.74, 6) is 0. The van der Waals surface area contributed by atoms with E-state index in [1.807, 2.05) is 24.3 Å². The molecule has 0 amide bonds. The van der Waals surface area contributed by atoms with E-state index in [-0.39, 0.29) is 42.6 Å². The van der Waals surface area contributed by atoms with Crippen LogP contribution in [0.4, 0.5) is 17.1 Å². The number of nitro groups is 1. The van der Waals surface area contributed by atoms with Crippen LogP contribution in [-0.4, -0.2) is 63.3 Å². The number of hydrogen-bond acceptors (Lipinski definition) is 8. The number of nitrogens with one attached hydrogen (secondary N) is 1. The lowest BCUT2D eigenvalue weighted by molar-refractivity contribution is -0.385. The van der Waals surface area contributed by atoms with Crippen LogP contribution in [0.5, 0.6) is 0 Å². The van der Waals surface area contributed by atoms with Gasteiger partial charge >= 0.3 is 0 Å². The Morgan fingerprint density at radius 2 is 1.81 bits per heavy atom. The lowest BCUT2D eigenvalue weighted by Crippen LogP contribution is -2.40. The van der Waals surface area contributed by atoms with E-state index < -0.39 is 14.9 Å². The number of sulfonamides is 1. The van der Waals surface area contributed by atoms with Crippen molar-refractivity contribution in [2.24, 2.45) is 5.10 Å². The summed E-state index contributed by atoms with van der Waals surface area (Å²) in [7, 11) is -3.96. The molecule has 32 heavy (non-hydrogen) atoms. The Hall–Kier alpha value is -3.02. The van der Waals surface area contributed by atoms with Gasteiger partial charge in [-0.3, -0.25) is 15.5 Å². The molecule has 3 rings (SSSR count). The van der Waals surface area contributed by atoms with Crippen LogP contribution in [-0.2, 0) is 14.8 Å². The Morgan fingerprint density at radius 3 is 2.41 bits per heavy atom. The highest BCUT2D eigenvalue weighted by atomic mass is 32.2. The van der Waals surface area contributed by atoms with Gasteiger partial charge in [0.05, 0.1) is 30.0 Å². The number of nitrogens with zero attached hydrogens (tertiary/aromatic N) is 4. The number of morpholine rings is 1. The van der Waals surface area contributed by atoms with Crippen molar-refractivity contribution in [2.75, 3.05) is 49.7 Å². The maximum absolute atomic E-state index is 13.1. The zero-order valence-electron chi connectivity index (χ0n) is 18.1. The van der Waals surface area contributed by atoms with Gasteiger partial charge in [0.2, 0.25) is 10.0 Å². The standard InChI is InChI=1S/C21H27N5O5S/c1-3-24(4-2)18-7-5-17(6-8-18)16-22-23-20-10-9-19(26(27)28)15-21(20)32(29,30)25-11-13-31-14-12-25/h5-10,15-16,23H,3-4,11-14H2,1-2H3/b22-16-. The van der Waals surface area contributed by atoms with Gasteiger partial charge in [-0.2, -0.15) is 9.41 Å². The van der Waals surface area contributed by atoms with E-state index in [1.165, 1.54) is 16.4 Å². The first kappa shape index (κ1) is 23.6. The average Bonchev–Trinajstić information content (AvgIpc) is 2.81. The van der Waals surface area contributed by atoms with Gasteiger partial charge in [-0.1, -0.05) is 12.1 Å². The minimum atomic E-state index is -3.96. The molecule has 10 nitrogen and oxygen atoms in total. The van der Waals surface area contributed by atoms with Crippen molar-refractivity contribution in [3.63, 3.8) is 0 Å². The van der Waals surface area contributed by atoms with Gasteiger partial charge in [0.1, 0.15) is 4.90 Å². The molecule has 0 spiro atoms. The van der Waals surface area contributed by atoms with Gasteiger partial charge < -0.3 is 9.64 Å². The first-order valence-corrected chi connectivity index (χ1v) is 11.8. The molecule has 0 aromatic heterocycles. The maximum Gasteiger partial charge on any atom is 0.270 e. The fourth-order valence-corrected chi connectivity index (χ4v) is 4.96. The Balaban J connectivity index is 1.83. The minimum Gasteiger partial charge on any atom is -0.379 e. The van der Waals surface area contributed by atoms with Crippen molar-refractivity contribution in [1.82, 2.24) is 4.31 Å². The molecule has 172 valence electrons. The summed E-state index contributed by atoms with van der Waals surface area (Å²) in [6, 6.07) is 11.5. The summed E-state index contributed by atoms with van der Waals surface area (Å²) >= 11 is 0. The number of hydrazone groups is 1. The van der Waals surface area contributed by atoms with E-state index in [0.29, 0.717) is 0 Å². The largest absolute Gasteiger partial charge is 0.379 e. The molecule has 1 N–H and O–H groups in total. The molecule has 11 heteroatoms. The van der Waals surface area contributed by atoms with Gasteiger partial charge in [-0.05, 0) is 37.6 Å². The number of non-ortho nitro benzene ring substituents is 1. The summed E-state index contributed by atoms with van der Waals surface area (Å²) < 4.78 is 32.7. The number of hydrogen-bond donors (Lipinski definition) is 1. The summed E-state index contributed by atoms with van der Waals surface area (Å²) in [6.45, 7) is 6.93. The Kier molecular flexibility index (Phi) is 7.78. The Bertz CT molecular complexity index is 1060. The Labute approximate surface area is 187 Å². The minimum absolute atomic E-state index is 0.165. The fraction of sp³-hybridized carbons (Fsp3) is 0.381. The van der Waals surface area contributed by atoms with E-state index >= 15 is 0 Å². The normalized spacial score (nSPS) is 15.1. The third-order valence-electron chi connectivity index (χ3n) is 5.18. The quantitative estimate of drug-likeness (QED) is 0.347. The van der Waals surface area contributed by atoms with E-state index in [4.69, 9.17) is 4.74 Å². The molecule has 0 atom stereocenters. The number of anilines is 2. The number of ether oxygens (including phenoxy) is 1. The SMILES string of the molecule is CCN(CC)c1ccc(/C=N\Nc2ccc([N+](=O)[O-])cc2S(=O)(=O)N2CCOCC2)cc1. The predicted octanol–water partition coefficient (Wildman–Crippen LogP) is 2.91. The molecule has 0 bridgehead atoms. The second-order valence-corrected chi connectivity index (χ2v) is 8.99. The zero-order valence-corrected chi connectivity index (χ0v) is 18.9. The second kappa shape index (κ2) is 10.5. The van der Waals surface area contributed by atoms with Crippen molar-refractivity contribution < 1.29 is 18.1 Å². The van der Waals surface area contributed by atoms with Gasteiger partial charge in [0.25, 0.3) is 5.69 Å². The molecule has 0 unspecified atom stereocenters. The maximum atomic E-state index is 13.1. The lowest BCUT2D eigenvalue weighted by Gasteiger charge is -2.26. The Morgan fingerprint density at radius 1 is 1.16 bits per heavy atom. The van der Waals surface area contributed by atoms with E-state index in [2.05, 4.69) is 29.3 Å². The van der Waals surface area contributed by atoms with Gasteiger partial charge in [0.15, 0.2) is 0 Å². The van der Waals surface area contributed by atoms with Crippen LogP contribution in [0.2, 0.25) is 0 Å². The molecular weight excluding hydrogens is 434 g/mol. The number of benzene rings is 2. The summed E-state index contributed by atoms with van der Waals surface area (Å²) in [5, 5.41) is 15.4. The van der Waals surface area contributed by atoms with Gasteiger partial charge in [-0.25, -0.2) is 8.42 Å². The summed E-state index contributed by atoms with van der Waals surface area (Å²) in [4.78, 5) is 12.6. The summed E-state index contributed by atoms with van der Waals surface area (Å²) in [5.41, 5.74) is 4.52. The average molecular weight is 462 g/mol. The van der Waals surface area contributed by atoms with Crippen molar-refractivity contribution in [3.8, 4) is 0 Å². The molecule has 2 aromatic rings. The highest BCUT2D eigenvalue weighted by Crippen LogP contribution is 2.29. The summed E-state index contributed by atoms with van der Waals surface area (Å²) in [6.07, 6.45) is 1.57. The number of rotatable bonds is 9. The van der Waals surface area contributed by atoms with Crippen LogP contribution >= 0.6 is 0 Å². The lowest BCUT2D eigenvalue weighted by atomic mass is 10.2. The molecule has 1 aliphatic heterocycles. The van der Waals surface area contributed by atoms with Crippen LogP contribution in [0.1, 0.15) is 19.4 Å². The van der Waals surface area contributed by atoms with Crippen molar-refractivity contribution in [1.29, 1.82) is 0 Å².